The van der Waals surface area contributed by atoms with Crippen LogP contribution in [0.15, 0.2) is 24.3 Å². The largest absolute Gasteiger partial charge is 0.494 e. The third kappa shape index (κ3) is 4.57. The number of ether oxygens (including phenoxy) is 1. The molecule has 2 N–H and O–H groups in total. The van der Waals surface area contributed by atoms with E-state index in [4.69, 9.17) is 10.5 Å². The molecule has 0 amide bonds. The van der Waals surface area contributed by atoms with Crippen molar-refractivity contribution < 1.29 is 9.53 Å². The molecule has 0 heterocycles. The summed E-state index contributed by atoms with van der Waals surface area (Å²) in [5.41, 5.74) is 6.56. The van der Waals surface area contributed by atoms with Crippen molar-refractivity contribution in [3.8, 4) is 5.75 Å². The van der Waals surface area contributed by atoms with E-state index in [-0.39, 0.29) is 11.8 Å². The van der Waals surface area contributed by atoms with Crippen LogP contribution in [0, 0.1) is 0 Å². The number of carbonyl (C=O) groups excluding carboxylic acids is 1. The first-order valence-corrected chi connectivity index (χ1v) is 6.19. The predicted molar refractivity (Wildman–Crippen MR) is 69.4 cm³/mol. The standard InChI is InChI=1S/C14H21NO2/c1-3-5-12(15)10-14(16)11-6-8-13(9-7-11)17-4-2/h6-9,12H,3-5,10,15H2,1-2H3. The lowest BCUT2D eigenvalue weighted by atomic mass is 10.0. The van der Waals surface area contributed by atoms with E-state index >= 15 is 0 Å². The summed E-state index contributed by atoms with van der Waals surface area (Å²) in [6.07, 6.45) is 2.32. The first-order valence-electron chi connectivity index (χ1n) is 6.19. The molecule has 3 nitrogen and oxygen atoms in total. The maximum atomic E-state index is 11.9. The molecule has 0 fully saturated rings. The Morgan fingerprint density at radius 3 is 2.47 bits per heavy atom. The number of Topliss-reactive ketones (excluding diaryl/α,β-unsaturated/α-hetero) is 1. The fourth-order valence-corrected chi connectivity index (χ4v) is 1.73. The Labute approximate surface area is 103 Å². The van der Waals surface area contributed by atoms with Gasteiger partial charge in [-0.05, 0) is 37.6 Å². The van der Waals surface area contributed by atoms with Gasteiger partial charge in [-0.1, -0.05) is 13.3 Å². The molecule has 1 rings (SSSR count). The number of hydrogen-bond donors (Lipinski definition) is 1. The lowest BCUT2D eigenvalue weighted by Gasteiger charge is -2.09. The van der Waals surface area contributed by atoms with E-state index in [1.807, 2.05) is 19.1 Å². The number of benzene rings is 1. The Bertz CT molecular complexity index is 346. The van der Waals surface area contributed by atoms with Gasteiger partial charge in [0.2, 0.25) is 0 Å². The van der Waals surface area contributed by atoms with Gasteiger partial charge in [0, 0.05) is 18.0 Å². The highest BCUT2D eigenvalue weighted by molar-refractivity contribution is 5.96. The zero-order chi connectivity index (χ0) is 12.7. The average Bonchev–Trinajstić information content (AvgIpc) is 2.30. The molecule has 0 bridgehead atoms. The minimum atomic E-state index is -0.0286. The number of hydrogen-bond acceptors (Lipinski definition) is 3. The Hall–Kier alpha value is -1.35. The third-order valence-electron chi connectivity index (χ3n) is 2.59. The zero-order valence-corrected chi connectivity index (χ0v) is 10.6. The lowest BCUT2D eigenvalue weighted by Crippen LogP contribution is -2.23. The summed E-state index contributed by atoms with van der Waals surface area (Å²) in [4.78, 5) is 11.9. The van der Waals surface area contributed by atoms with Crippen LogP contribution in [-0.2, 0) is 0 Å². The minimum Gasteiger partial charge on any atom is -0.494 e. The van der Waals surface area contributed by atoms with E-state index in [9.17, 15) is 4.79 Å². The van der Waals surface area contributed by atoms with E-state index in [2.05, 4.69) is 6.92 Å². The second-order valence-electron chi connectivity index (χ2n) is 4.13. The third-order valence-corrected chi connectivity index (χ3v) is 2.59. The zero-order valence-electron chi connectivity index (χ0n) is 10.6. The summed E-state index contributed by atoms with van der Waals surface area (Å²) in [6.45, 7) is 4.64. The summed E-state index contributed by atoms with van der Waals surface area (Å²) in [6, 6.07) is 7.21. The quantitative estimate of drug-likeness (QED) is 0.739. The van der Waals surface area contributed by atoms with Crippen molar-refractivity contribution in [3.63, 3.8) is 0 Å². The number of ketones is 1. The van der Waals surface area contributed by atoms with E-state index in [1.165, 1.54) is 0 Å². The molecule has 1 atom stereocenters. The van der Waals surface area contributed by atoms with Crippen LogP contribution in [0.1, 0.15) is 43.5 Å². The van der Waals surface area contributed by atoms with Crippen LogP contribution in [-0.4, -0.2) is 18.4 Å². The molecule has 0 saturated carbocycles. The molecule has 1 unspecified atom stereocenters. The second kappa shape index (κ2) is 7.07. The molecule has 0 saturated heterocycles. The van der Waals surface area contributed by atoms with Gasteiger partial charge in [0.25, 0.3) is 0 Å². The van der Waals surface area contributed by atoms with Crippen LogP contribution < -0.4 is 10.5 Å². The maximum absolute atomic E-state index is 11.9. The van der Waals surface area contributed by atoms with Crippen molar-refractivity contribution in [2.24, 2.45) is 5.73 Å². The molecule has 0 aliphatic rings. The monoisotopic (exact) mass is 235 g/mol. The maximum Gasteiger partial charge on any atom is 0.164 e. The van der Waals surface area contributed by atoms with E-state index < -0.39 is 0 Å². The molecule has 1 aromatic rings. The molecule has 3 heteroatoms. The average molecular weight is 235 g/mol. The van der Waals surface area contributed by atoms with Gasteiger partial charge in [-0.3, -0.25) is 4.79 Å². The van der Waals surface area contributed by atoms with E-state index in [0.717, 1.165) is 18.6 Å². The van der Waals surface area contributed by atoms with E-state index in [1.54, 1.807) is 12.1 Å². The highest BCUT2D eigenvalue weighted by Crippen LogP contribution is 2.14. The van der Waals surface area contributed by atoms with Crippen LogP contribution >= 0.6 is 0 Å². The van der Waals surface area contributed by atoms with E-state index in [0.29, 0.717) is 18.6 Å². The van der Waals surface area contributed by atoms with Crippen molar-refractivity contribution in [2.45, 2.75) is 39.2 Å². The molecule has 0 aliphatic carbocycles. The van der Waals surface area contributed by atoms with Crippen LogP contribution in [0.5, 0.6) is 5.75 Å². The van der Waals surface area contributed by atoms with Crippen LogP contribution in [0.25, 0.3) is 0 Å². The van der Waals surface area contributed by atoms with Gasteiger partial charge < -0.3 is 10.5 Å². The fourth-order valence-electron chi connectivity index (χ4n) is 1.73. The fraction of sp³-hybridized carbons (Fsp3) is 0.500. The highest BCUT2D eigenvalue weighted by Gasteiger charge is 2.10. The smallest absolute Gasteiger partial charge is 0.164 e. The van der Waals surface area contributed by atoms with Crippen molar-refractivity contribution in [3.05, 3.63) is 29.8 Å². The Morgan fingerprint density at radius 1 is 1.29 bits per heavy atom. The molecule has 94 valence electrons. The molecule has 0 radical (unpaired) electrons. The molecule has 0 spiro atoms. The van der Waals surface area contributed by atoms with Crippen LogP contribution in [0.4, 0.5) is 0 Å². The van der Waals surface area contributed by atoms with Gasteiger partial charge in [0.15, 0.2) is 5.78 Å². The van der Waals surface area contributed by atoms with Crippen molar-refractivity contribution in [1.29, 1.82) is 0 Å². The highest BCUT2D eigenvalue weighted by atomic mass is 16.5. The molecular weight excluding hydrogens is 214 g/mol. The topological polar surface area (TPSA) is 52.3 Å². The number of rotatable bonds is 7. The second-order valence-corrected chi connectivity index (χ2v) is 4.13. The van der Waals surface area contributed by atoms with Crippen molar-refractivity contribution in [1.82, 2.24) is 0 Å². The molecule has 17 heavy (non-hydrogen) atoms. The Kier molecular flexibility index (Phi) is 5.70. The van der Waals surface area contributed by atoms with Gasteiger partial charge in [-0.15, -0.1) is 0 Å². The molecule has 0 aromatic heterocycles. The first-order chi connectivity index (χ1) is 8.17. The van der Waals surface area contributed by atoms with Gasteiger partial charge in [-0.2, -0.15) is 0 Å². The first kappa shape index (κ1) is 13.7. The van der Waals surface area contributed by atoms with Crippen LogP contribution in [0.3, 0.4) is 0 Å². The number of carbonyl (C=O) groups is 1. The summed E-state index contributed by atoms with van der Waals surface area (Å²) < 4.78 is 5.32. The van der Waals surface area contributed by atoms with Crippen molar-refractivity contribution in [2.75, 3.05) is 6.61 Å². The molecule has 1 aromatic carbocycles. The van der Waals surface area contributed by atoms with Crippen molar-refractivity contribution >= 4 is 5.78 Å². The Balaban J connectivity index is 2.57. The molecular formula is C14H21NO2. The van der Waals surface area contributed by atoms with Gasteiger partial charge in [-0.25, -0.2) is 0 Å². The normalized spacial score (nSPS) is 12.2. The summed E-state index contributed by atoms with van der Waals surface area (Å²) in [7, 11) is 0. The molecule has 0 aliphatic heterocycles. The van der Waals surface area contributed by atoms with Crippen LogP contribution in [0.2, 0.25) is 0 Å². The summed E-state index contributed by atoms with van der Waals surface area (Å²) >= 11 is 0. The minimum absolute atomic E-state index is 0.0286. The predicted octanol–water partition coefficient (Wildman–Crippen LogP) is 2.79. The summed E-state index contributed by atoms with van der Waals surface area (Å²) in [5.74, 6) is 0.899. The lowest BCUT2D eigenvalue weighted by molar-refractivity contribution is 0.0973. The Morgan fingerprint density at radius 2 is 1.94 bits per heavy atom. The summed E-state index contributed by atoms with van der Waals surface area (Å²) in [5, 5.41) is 0. The number of nitrogens with two attached hydrogens (primary N) is 1. The SMILES string of the molecule is CCCC(N)CC(=O)c1ccc(OCC)cc1. The van der Waals surface area contributed by atoms with Gasteiger partial charge in [0.05, 0.1) is 6.61 Å². The van der Waals surface area contributed by atoms with Gasteiger partial charge in [0.1, 0.15) is 5.75 Å². The van der Waals surface area contributed by atoms with Gasteiger partial charge >= 0.3 is 0 Å².